The van der Waals surface area contributed by atoms with Crippen LogP contribution in [0.2, 0.25) is 0 Å². The molecule has 1 amide bonds. The van der Waals surface area contributed by atoms with Crippen molar-refractivity contribution >= 4 is 22.9 Å². The number of ether oxygens (including phenoxy) is 1. The number of hydrogen-bond acceptors (Lipinski definition) is 4. The third-order valence-corrected chi connectivity index (χ3v) is 4.75. The van der Waals surface area contributed by atoms with Gasteiger partial charge in [-0.2, -0.15) is 0 Å². The molecular weight excluding hydrogens is 358 g/mol. The Bertz CT molecular complexity index is 1040. The lowest BCUT2D eigenvalue weighted by molar-refractivity contribution is -0.141. The molecule has 28 heavy (non-hydrogen) atoms. The highest BCUT2D eigenvalue weighted by molar-refractivity contribution is 5.79. The maximum atomic E-state index is 12.5. The first kappa shape index (κ1) is 19.4. The maximum Gasteiger partial charge on any atom is 0.328 e. The molecule has 3 aromatic rings. The van der Waals surface area contributed by atoms with Crippen molar-refractivity contribution in [1.29, 1.82) is 0 Å². The van der Waals surface area contributed by atoms with Crippen LogP contribution in [0.5, 0.6) is 0 Å². The van der Waals surface area contributed by atoms with Gasteiger partial charge in [0.2, 0.25) is 5.91 Å². The predicted molar refractivity (Wildman–Crippen MR) is 106 cm³/mol. The van der Waals surface area contributed by atoms with Crippen LogP contribution in [-0.2, 0) is 27.9 Å². The molecule has 0 saturated carbocycles. The monoisotopic (exact) mass is 381 g/mol. The van der Waals surface area contributed by atoms with E-state index in [-0.39, 0.29) is 31.0 Å². The van der Waals surface area contributed by atoms with Gasteiger partial charge in [-0.1, -0.05) is 42.5 Å². The van der Waals surface area contributed by atoms with E-state index in [9.17, 15) is 14.4 Å². The SMILES string of the molecule is COC(=O)CC(NC(=O)CCn1c(=O)n(C)c2ccccc21)c1ccccc1. The Balaban J connectivity index is 1.73. The van der Waals surface area contributed by atoms with E-state index in [1.165, 1.54) is 7.11 Å². The Morgan fingerprint density at radius 1 is 1.04 bits per heavy atom. The summed E-state index contributed by atoms with van der Waals surface area (Å²) >= 11 is 0. The quantitative estimate of drug-likeness (QED) is 0.636. The first-order chi connectivity index (χ1) is 13.5. The van der Waals surface area contributed by atoms with Crippen LogP contribution < -0.4 is 11.0 Å². The minimum atomic E-state index is -0.481. The molecule has 3 rings (SSSR count). The summed E-state index contributed by atoms with van der Waals surface area (Å²) in [6.07, 6.45) is 0.166. The number of carbonyl (C=O) groups is 2. The van der Waals surface area contributed by atoms with Crippen molar-refractivity contribution in [2.45, 2.75) is 25.4 Å². The first-order valence-electron chi connectivity index (χ1n) is 9.06. The largest absolute Gasteiger partial charge is 0.469 e. The second-order valence-electron chi connectivity index (χ2n) is 6.54. The summed E-state index contributed by atoms with van der Waals surface area (Å²) in [4.78, 5) is 36.7. The van der Waals surface area contributed by atoms with Gasteiger partial charge < -0.3 is 10.1 Å². The number of nitrogens with one attached hydrogen (secondary N) is 1. The number of carbonyl (C=O) groups excluding carboxylic acids is 2. The zero-order valence-corrected chi connectivity index (χ0v) is 15.9. The molecule has 0 aliphatic rings. The fourth-order valence-electron chi connectivity index (χ4n) is 3.25. The average Bonchev–Trinajstić information content (AvgIpc) is 2.97. The molecule has 0 aliphatic heterocycles. The highest BCUT2D eigenvalue weighted by atomic mass is 16.5. The Hall–Kier alpha value is -3.35. The van der Waals surface area contributed by atoms with Gasteiger partial charge in [-0.15, -0.1) is 0 Å². The third-order valence-electron chi connectivity index (χ3n) is 4.75. The number of para-hydroxylation sites is 2. The van der Waals surface area contributed by atoms with Crippen LogP contribution in [0.25, 0.3) is 11.0 Å². The van der Waals surface area contributed by atoms with Crippen LogP contribution in [-0.4, -0.2) is 28.1 Å². The summed E-state index contributed by atoms with van der Waals surface area (Å²) in [7, 11) is 3.03. The van der Waals surface area contributed by atoms with E-state index >= 15 is 0 Å². The van der Waals surface area contributed by atoms with Gasteiger partial charge >= 0.3 is 11.7 Å². The van der Waals surface area contributed by atoms with Crippen molar-refractivity contribution in [1.82, 2.24) is 14.5 Å². The molecule has 146 valence electrons. The number of esters is 1. The fourth-order valence-corrected chi connectivity index (χ4v) is 3.25. The van der Waals surface area contributed by atoms with Crippen molar-refractivity contribution in [2.24, 2.45) is 7.05 Å². The van der Waals surface area contributed by atoms with Crippen LogP contribution in [0.3, 0.4) is 0 Å². The van der Waals surface area contributed by atoms with Gasteiger partial charge in [-0.25, -0.2) is 4.79 Å². The van der Waals surface area contributed by atoms with E-state index in [1.807, 2.05) is 54.6 Å². The van der Waals surface area contributed by atoms with Gasteiger partial charge in [-0.3, -0.25) is 18.7 Å². The molecule has 1 atom stereocenters. The van der Waals surface area contributed by atoms with Gasteiger partial charge in [-0.05, 0) is 17.7 Å². The van der Waals surface area contributed by atoms with E-state index in [0.29, 0.717) is 0 Å². The lowest BCUT2D eigenvalue weighted by Crippen LogP contribution is -2.32. The summed E-state index contributed by atoms with van der Waals surface area (Å²) < 4.78 is 7.90. The number of methoxy groups -OCH3 is 1. The molecule has 1 heterocycles. The Labute approximate surface area is 162 Å². The molecule has 0 bridgehead atoms. The standard InChI is InChI=1S/C21H23N3O4/c1-23-17-10-6-7-11-18(17)24(21(23)27)13-12-19(25)22-16(14-20(26)28-2)15-8-4-3-5-9-15/h3-11,16H,12-14H2,1-2H3,(H,22,25). The van der Waals surface area contributed by atoms with E-state index in [2.05, 4.69) is 5.32 Å². The second kappa shape index (κ2) is 8.56. The third kappa shape index (κ3) is 4.14. The van der Waals surface area contributed by atoms with Crippen molar-refractivity contribution in [3.05, 3.63) is 70.6 Å². The molecule has 0 fully saturated rings. The van der Waals surface area contributed by atoms with Gasteiger partial charge in [0.15, 0.2) is 0 Å². The summed E-state index contributed by atoms with van der Waals surface area (Å²) in [6, 6.07) is 16.2. The second-order valence-corrected chi connectivity index (χ2v) is 6.54. The maximum absolute atomic E-state index is 12.5. The van der Waals surface area contributed by atoms with Crippen LogP contribution in [0.4, 0.5) is 0 Å². The van der Waals surface area contributed by atoms with Crippen molar-refractivity contribution < 1.29 is 14.3 Å². The molecule has 2 aromatic carbocycles. The summed E-state index contributed by atoms with van der Waals surface area (Å²) in [6.45, 7) is 0.256. The van der Waals surface area contributed by atoms with E-state index in [4.69, 9.17) is 4.74 Å². The zero-order valence-electron chi connectivity index (χ0n) is 15.9. The zero-order chi connectivity index (χ0) is 20.1. The summed E-state index contributed by atoms with van der Waals surface area (Å²) in [5, 5.41) is 2.88. The number of fused-ring (bicyclic) bond motifs is 1. The minimum Gasteiger partial charge on any atom is -0.469 e. The smallest absolute Gasteiger partial charge is 0.328 e. The Morgan fingerprint density at radius 2 is 1.68 bits per heavy atom. The summed E-state index contributed by atoms with van der Waals surface area (Å²) in [5.41, 5.74) is 2.27. The Kier molecular flexibility index (Phi) is 5.93. The topological polar surface area (TPSA) is 82.3 Å². The van der Waals surface area contributed by atoms with Crippen LogP contribution in [0, 0.1) is 0 Å². The number of imidazole rings is 1. The fraction of sp³-hybridized carbons (Fsp3) is 0.286. The molecule has 1 N–H and O–H groups in total. The highest BCUT2D eigenvalue weighted by Crippen LogP contribution is 2.18. The minimum absolute atomic E-state index is 0.0421. The summed E-state index contributed by atoms with van der Waals surface area (Å²) in [5.74, 6) is -0.642. The van der Waals surface area contributed by atoms with Gasteiger partial charge in [0.25, 0.3) is 0 Å². The number of rotatable bonds is 7. The van der Waals surface area contributed by atoms with Crippen LogP contribution >= 0.6 is 0 Å². The molecule has 7 heteroatoms. The molecule has 1 unspecified atom stereocenters. The van der Waals surface area contributed by atoms with Crippen molar-refractivity contribution in [3.8, 4) is 0 Å². The molecule has 1 aromatic heterocycles. The van der Waals surface area contributed by atoms with Crippen LogP contribution in [0.1, 0.15) is 24.4 Å². The predicted octanol–water partition coefficient (Wildman–Crippen LogP) is 2.15. The number of hydrogen-bond donors (Lipinski definition) is 1. The van der Waals surface area contributed by atoms with E-state index in [1.54, 1.807) is 16.2 Å². The van der Waals surface area contributed by atoms with Gasteiger partial charge in [0.05, 0.1) is 30.6 Å². The molecule has 0 saturated heterocycles. The van der Waals surface area contributed by atoms with Crippen LogP contribution in [0.15, 0.2) is 59.4 Å². The molecular formula is C21H23N3O4. The normalized spacial score (nSPS) is 11.9. The number of aromatic nitrogens is 2. The number of amides is 1. The number of benzene rings is 2. The van der Waals surface area contributed by atoms with E-state index in [0.717, 1.165) is 16.6 Å². The molecule has 0 aliphatic carbocycles. The van der Waals surface area contributed by atoms with Gasteiger partial charge in [0.1, 0.15) is 0 Å². The number of aryl methyl sites for hydroxylation is 2. The van der Waals surface area contributed by atoms with Crippen molar-refractivity contribution in [3.63, 3.8) is 0 Å². The molecule has 0 spiro atoms. The molecule has 7 nitrogen and oxygen atoms in total. The highest BCUT2D eigenvalue weighted by Gasteiger charge is 2.19. The number of nitrogens with zero attached hydrogens (tertiary/aromatic N) is 2. The van der Waals surface area contributed by atoms with E-state index < -0.39 is 12.0 Å². The van der Waals surface area contributed by atoms with Gasteiger partial charge in [0, 0.05) is 20.0 Å². The molecule has 0 radical (unpaired) electrons. The average molecular weight is 381 g/mol. The lowest BCUT2D eigenvalue weighted by atomic mass is 10.0. The lowest BCUT2D eigenvalue weighted by Gasteiger charge is -2.18. The first-order valence-corrected chi connectivity index (χ1v) is 9.06. The Morgan fingerprint density at radius 3 is 2.36 bits per heavy atom. The van der Waals surface area contributed by atoms with Crippen molar-refractivity contribution in [2.75, 3.05) is 7.11 Å².